The van der Waals surface area contributed by atoms with Crippen LogP contribution in [-0.2, 0) is 11.2 Å². The highest BCUT2D eigenvalue weighted by Crippen LogP contribution is 2.19. The number of rotatable bonds is 5. The van der Waals surface area contributed by atoms with E-state index in [1.54, 1.807) is 0 Å². The number of benzene rings is 1. The molecule has 0 aliphatic carbocycles. The van der Waals surface area contributed by atoms with E-state index in [9.17, 15) is 22.7 Å². The Kier molecular flexibility index (Phi) is 5.37. The van der Waals surface area contributed by atoms with Gasteiger partial charge in [-0.2, -0.15) is 13.2 Å². The van der Waals surface area contributed by atoms with Gasteiger partial charge >= 0.3 is 6.18 Å². The lowest BCUT2D eigenvalue weighted by Gasteiger charge is -2.13. The first-order valence-corrected chi connectivity index (χ1v) is 5.42. The molecule has 1 N–H and O–H groups in total. The lowest BCUT2D eigenvalue weighted by atomic mass is 10.1. The summed E-state index contributed by atoms with van der Waals surface area (Å²) in [5, 5.41) is 9.68. The molecular formula is C11H11ClF4O2. The Morgan fingerprint density at radius 3 is 2.61 bits per heavy atom. The summed E-state index contributed by atoms with van der Waals surface area (Å²) in [7, 11) is 0. The second kappa shape index (κ2) is 6.36. The van der Waals surface area contributed by atoms with Gasteiger partial charge in [-0.25, -0.2) is 4.39 Å². The molecule has 0 amide bonds. The molecule has 0 radical (unpaired) electrons. The number of ether oxygens (including phenoxy) is 1. The largest absolute Gasteiger partial charge is 0.411 e. The fraction of sp³-hybridized carbons (Fsp3) is 0.455. The average molecular weight is 287 g/mol. The van der Waals surface area contributed by atoms with E-state index < -0.39 is 31.3 Å². The fourth-order valence-corrected chi connectivity index (χ4v) is 1.52. The molecular weight excluding hydrogens is 276 g/mol. The van der Waals surface area contributed by atoms with E-state index in [0.717, 1.165) is 12.1 Å². The molecule has 1 atom stereocenters. The summed E-state index contributed by atoms with van der Waals surface area (Å²) in [5.41, 5.74) is 0.319. The summed E-state index contributed by atoms with van der Waals surface area (Å²) >= 11 is 5.75. The predicted molar refractivity (Wildman–Crippen MR) is 58.0 cm³/mol. The lowest BCUT2D eigenvalue weighted by Crippen LogP contribution is -2.24. The number of halogens is 5. The second-order valence-corrected chi connectivity index (χ2v) is 4.13. The van der Waals surface area contributed by atoms with E-state index in [2.05, 4.69) is 4.74 Å². The zero-order chi connectivity index (χ0) is 13.8. The first-order valence-electron chi connectivity index (χ1n) is 5.04. The molecule has 1 unspecified atom stereocenters. The molecule has 0 saturated heterocycles. The van der Waals surface area contributed by atoms with Gasteiger partial charge in [0.2, 0.25) is 0 Å². The molecule has 0 saturated carbocycles. The van der Waals surface area contributed by atoms with Crippen LogP contribution in [0.3, 0.4) is 0 Å². The fourth-order valence-electron chi connectivity index (χ4n) is 1.32. The molecule has 0 heterocycles. The molecule has 0 aliphatic rings. The Bertz CT molecular complexity index is 395. The van der Waals surface area contributed by atoms with E-state index in [1.165, 1.54) is 6.07 Å². The molecule has 0 spiro atoms. The van der Waals surface area contributed by atoms with Crippen LogP contribution in [0, 0.1) is 5.82 Å². The van der Waals surface area contributed by atoms with Gasteiger partial charge in [0.05, 0.1) is 12.7 Å². The van der Waals surface area contributed by atoms with Crippen LogP contribution in [0.25, 0.3) is 0 Å². The third kappa shape index (κ3) is 5.66. The minimum Gasteiger partial charge on any atom is -0.390 e. The minimum absolute atomic E-state index is 0.0749. The van der Waals surface area contributed by atoms with Crippen molar-refractivity contribution in [3.8, 4) is 0 Å². The highest BCUT2D eigenvalue weighted by Gasteiger charge is 2.27. The smallest absolute Gasteiger partial charge is 0.390 e. The molecule has 1 aromatic carbocycles. The van der Waals surface area contributed by atoms with Crippen LogP contribution in [0.2, 0.25) is 5.02 Å². The third-order valence-electron chi connectivity index (χ3n) is 2.04. The topological polar surface area (TPSA) is 29.5 Å². The highest BCUT2D eigenvalue weighted by molar-refractivity contribution is 6.31. The molecule has 0 fully saturated rings. The molecule has 102 valence electrons. The van der Waals surface area contributed by atoms with Gasteiger partial charge in [0.1, 0.15) is 12.4 Å². The van der Waals surface area contributed by atoms with Crippen molar-refractivity contribution in [2.75, 3.05) is 13.2 Å². The number of hydrogen-bond acceptors (Lipinski definition) is 2. The Balaban J connectivity index is 2.44. The van der Waals surface area contributed by atoms with E-state index in [-0.39, 0.29) is 11.4 Å². The van der Waals surface area contributed by atoms with Crippen LogP contribution in [0.5, 0.6) is 0 Å². The Labute approximate surface area is 106 Å². The average Bonchev–Trinajstić information content (AvgIpc) is 2.21. The van der Waals surface area contributed by atoms with Crippen LogP contribution in [-0.4, -0.2) is 30.6 Å². The molecule has 0 aromatic heterocycles. The third-order valence-corrected chi connectivity index (χ3v) is 2.41. The van der Waals surface area contributed by atoms with Crippen LogP contribution >= 0.6 is 11.6 Å². The standard InChI is InChI=1S/C11H11ClF4O2/c12-10-2-1-8(13)3-7(10)4-9(17)5-18-6-11(14,15)16/h1-3,9,17H,4-6H2. The van der Waals surface area contributed by atoms with Gasteiger partial charge in [0.15, 0.2) is 0 Å². The van der Waals surface area contributed by atoms with E-state index in [4.69, 9.17) is 11.6 Å². The van der Waals surface area contributed by atoms with Crippen molar-refractivity contribution in [3.63, 3.8) is 0 Å². The van der Waals surface area contributed by atoms with Crippen LogP contribution in [0.4, 0.5) is 17.6 Å². The van der Waals surface area contributed by atoms with Crippen molar-refractivity contribution in [1.82, 2.24) is 0 Å². The number of aliphatic hydroxyl groups excluding tert-OH is 1. The maximum Gasteiger partial charge on any atom is 0.411 e. The van der Waals surface area contributed by atoms with Crippen molar-refractivity contribution in [2.45, 2.75) is 18.7 Å². The SMILES string of the molecule is OC(COCC(F)(F)F)Cc1cc(F)ccc1Cl. The van der Waals surface area contributed by atoms with Crippen molar-refractivity contribution >= 4 is 11.6 Å². The lowest BCUT2D eigenvalue weighted by molar-refractivity contribution is -0.179. The van der Waals surface area contributed by atoms with Crippen molar-refractivity contribution in [2.24, 2.45) is 0 Å². The van der Waals surface area contributed by atoms with Crippen LogP contribution in [0.1, 0.15) is 5.56 Å². The summed E-state index contributed by atoms with van der Waals surface area (Å²) in [5.74, 6) is -0.530. The highest BCUT2D eigenvalue weighted by atomic mass is 35.5. The van der Waals surface area contributed by atoms with Gasteiger partial charge in [-0.15, -0.1) is 0 Å². The zero-order valence-corrected chi connectivity index (χ0v) is 9.93. The first-order chi connectivity index (χ1) is 8.28. The first kappa shape index (κ1) is 15.2. The molecule has 0 bridgehead atoms. The summed E-state index contributed by atoms with van der Waals surface area (Å²) in [6, 6.07) is 3.59. The van der Waals surface area contributed by atoms with Gasteiger partial charge in [0, 0.05) is 11.4 Å². The Morgan fingerprint density at radius 1 is 1.33 bits per heavy atom. The predicted octanol–water partition coefficient (Wildman–Crippen LogP) is 2.96. The molecule has 1 rings (SSSR count). The number of alkyl halides is 3. The van der Waals surface area contributed by atoms with E-state index in [0.29, 0.717) is 5.56 Å². The summed E-state index contributed by atoms with van der Waals surface area (Å²) < 4.78 is 52.5. The zero-order valence-electron chi connectivity index (χ0n) is 9.18. The Morgan fingerprint density at radius 2 is 2.00 bits per heavy atom. The molecule has 2 nitrogen and oxygen atoms in total. The molecule has 18 heavy (non-hydrogen) atoms. The summed E-state index contributed by atoms with van der Waals surface area (Å²) in [6.45, 7) is -1.92. The van der Waals surface area contributed by atoms with Crippen molar-refractivity contribution in [3.05, 3.63) is 34.6 Å². The minimum atomic E-state index is -4.43. The van der Waals surface area contributed by atoms with E-state index in [1.807, 2.05) is 0 Å². The molecule has 0 aliphatic heterocycles. The maximum atomic E-state index is 12.9. The molecule has 7 heteroatoms. The maximum absolute atomic E-state index is 12.9. The van der Waals surface area contributed by atoms with Gasteiger partial charge in [0.25, 0.3) is 0 Å². The summed E-state index contributed by atoms with van der Waals surface area (Å²) in [6.07, 6.45) is -5.68. The molecule has 1 aromatic rings. The quantitative estimate of drug-likeness (QED) is 0.843. The van der Waals surface area contributed by atoms with Crippen LogP contribution in [0.15, 0.2) is 18.2 Å². The van der Waals surface area contributed by atoms with Crippen LogP contribution < -0.4 is 0 Å². The monoisotopic (exact) mass is 286 g/mol. The van der Waals surface area contributed by atoms with Gasteiger partial charge in [-0.05, 0) is 23.8 Å². The van der Waals surface area contributed by atoms with Gasteiger partial charge < -0.3 is 9.84 Å². The van der Waals surface area contributed by atoms with Gasteiger partial charge in [-0.3, -0.25) is 0 Å². The normalized spacial score (nSPS) is 13.7. The Hall–Kier alpha value is -0.850. The van der Waals surface area contributed by atoms with Crippen molar-refractivity contribution < 1.29 is 27.4 Å². The summed E-state index contributed by atoms with van der Waals surface area (Å²) in [4.78, 5) is 0. The van der Waals surface area contributed by atoms with E-state index >= 15 is 0 Å². The number of aliphatic hydroxyl groups is 1. The van der Waals surface area contributed by atoms with Gasteiger partial charge in [-0.1, -0.05) is 11.6 Å². The van der Waals surface area contributed by atoms with Crippen molar-refractivity contribution in [1.29, 1.82) is 0 Å². The number of hydrogen-bond donors (Lipinski definition) is 1. The second-order valence-electron chi connectivity index (χ2n) is 3.72.